The first-order valence-electron chi connectivity index (χ1n) is 5.85. The average Bonchev–Trinajstić information content (AvgIpc) is 2.49. The van der Waals surface area contributed by atoms with E-state index in [1.54, 1.807) is 0 Å². The maximum Gasteiger partial charge on any atom is 0.330 e. The number of aliphatic hydroxyl groups excluding tert-OH is 3. The second kappa shape index (κ2) is 7.14. The average molecular weight is 302 g/mol. The molecule has 0 radical (unpaired) electrons. The Bertz CT molecular complexity index is 615. The van der Waals surface area contributed by atoms with Crippen LogP contribution in [0.2, 0.25) is 0 Å². The van der Waals surface area contributed by atoms with Crippen LogP contribution in [-0.4, -0.2) is 56.5 Å². The molecule has 1 aromatic rings. The normalized spacial score (nSPS) is 16.7. The van der Waals surface area contributed by atoms with Crippen LogP contribution in [0.4, 0.5) is 4.39 Å². The topological polar surface area (TPSA) is 125 Å². The first-order valence-corrected chi connectivity index (χ1v) is 5.85. The lowest BCUT2D eigenvalue weighted by Crippen LogP contribution is -2.52. The number of halogens is 1. The Morgan fingerprint density at radius 2 is 2.19 bits per heavy atom. The quantitative estimate of drug-likeness (QED) is 0.421. The molecule has 21 heavy (non-hydrogen) atoms. The van der Waals surface area contributed by atoms with E-state index in [1.165, 1.54) is 0 Å². The van der Waals surface area contributed by atoms with Crippen molar-refractivity contribution in [2.45, 2.75) is 17.9 Å². The second-order valence-electron chi connectivity index (χ2n) is 4.20. The molecule has 116 valence electrons. The maximum absolute atomic E-state index is 13.2. The summed E-state index contributed by atoms with van der Waals surface area (Å²) in [5.41, 5.74) is -3.78. The van der Waals surface area contributed by atoms with E-state index in [0.717, 1.165) is 16.8 Å². The van der Waals surface area contributed by atoms with Crippen LogP contribution in [0.15, 0.2) is 21.9 Å². The highest BCUT2D eigenvalue weighted by atomic mass is 19.1. The molecule has 0 aliphatic rings. The molecule has 1 rings (SSSR count). The first kappa shape index (κ1) is 17.1. The molecule has 8 nitrogen and oxygen atoms in total. The van der Waals surface area contributed by atoms with E-state index in [0.29, 0.717) is 0 Å². The summed E-state index contributed by atoms with van der Waals surface area (Å²) in [5, 5.41) is 28.1. The van der Waals surface area contributed by atoms with Crippen molar-refractivity contribution in [2.24, 2.45) is 0 Å². The molecule has 0 amide bonds. The number of aromatic nitrogens is 2. The van der Waals surface area contributed by atoms with Crippen molar-refractivity contribution in [3.05, 3.63) is 33.1 Å². The highest BCUT2D eigenvalue weighted by Crippen LogP contribution is 2.23. The molecule has 0 aliphatic carbocycles. The third-order valence-corrected chi connectivity index (χ3v) is 2.84. The van der Waals surface area contributed by atoms with Gasteiger partial charge in [-0.2, -0.15) is 0 Å². The van der Waals surface area contributed by atoms with Crippen LogP contribution >= 0.6 is 0 Å². The van der Waals surface area contributed by atoms with Gasteiger partial charge in [-0.1, -0.05) is 5.92 Å². The molecule has 1 heterocycles. The minimum atomic E-state index is -2.20. The summed E-state index contributed by atoms with van der Waals surface area (Å²) in [6.07, 6.45) is 2.73. The summed E-state index contributed by atoms with van der Waals surface area (Å²) < 4.78 is 19.0. The Kier molecular flexibility index (Phi) is 5.80. The van der Waals surface area contributed by atoms with Crippen molar-refractivity contribution in [1.82, 2.24) is 9.55 Å². The fraction of sp³-hybridized carbons (Fsp3) is 0.500. The maximum atomic E-state index is 13.2. The van der Waals surface area contributed by atoms with Crippen molar-refractivity contribution in [2.75, 3.05) is 19.9 Å². The number of aromatic amines is 1. The van der Waals surface area contributed by atoms with Crippen molar-refractivity contribution in [3.63, 3.8) is 0 Å². The lowest BCUT2D eigenvalue weighted by Gasteiger charge is -2.34. The summed E-state index contributed by atoms with van der Waals surface area (Å²) in [6.45, 7) is -3.13. The molecule has 9 heteroatoms. The Balaban J connectivity index is 3.18. The zero-order chi connectivity index (χ0) is 16.0. The molecular formula is C12H15FN2O6. The highest BCUT2D eigenvalue weighted by molar-refractivity contribution is 5.06. The van der Waals surface area contributed by atoms with Gasteiger partial charge in [0.2, 0.25) is 0 Å². The lowest BCUT2D eigenvalue weighted by molar-refractivity contribution is -0.200. The Hall–Kier alpha value is -1.99. The third kappa shape index (κ3) is 3.56. The first-order chi connectivity index (χ1) is 9.93. The van der Waals surface area contributed by atoms with Gasteiger partial charge in [0.15, 0.2) is 11.8 Å². The number of H-pyrrole nitrogens is 1. The van der Waals surface area contributed by atoms with Crippen LogP contribution in [0.25, 0.3) is 0 Å². The van der Waals surface area contributed by atoms with Gasteiger partial charge in [0, 0.05) is 12.3 Å². The molecule has 0 spiro atoms. The van der Waals surface area contributed by atoms with Gasteiger partial charge < -0.3 is 20.1 Å². The van der Waals surface area contributed by atoms with Gasteiger partial charge >= 0.3 is 5.69 Å². The number of aliphatic hydroxyl groups is 3. The molecule has 3 atom stereocenters. The zero-order valence-corrected chi connectivity index (χ0v) is 10.9. The third-order valence-electron chi connectivity index (χ3n) is 2.84. The SMILES string of the molecule is C#C[C@H](O)[C@](CO)(CF)O[C@H](CO)n1ccc(=O)[nH]c1=O. The Morgan fingerprint density at radius 1 is 1.52 bits per heavy atom. The number of nitrogens with zero attached hydrogens (tertiary/aromatic N) is 1. The van der Waals surface area contributed by atoms with Gasteiger partial charge in [-0.05, 0) is 0 Å². The number of rotatable bonds is 7. The number of hydrogen-bond acceptors (Lipinski definition) is 6. The standard InChI is InChI=1S/C12H15FN2O6/c1-2-8(18)12(6-13,7-17)21-10(5-16)15-4-3-9(19)14-11(15)20/h1,3-4,8,10,16-18H,5-7H2,(H,14,19,20)/t8-,10+,12+/m0/s1. The van der Waals surface area contributed by atoms with E-state index < -0.39 is 49.1 Å². The molecular weight excluding hydrogens is 287 g/mol. The summed E-state index contributed by atoms with van der Waals surface area (Å²) in [4.78, 5) is 24.5. The van der Waals surface area contributed by atoms with Crippen LogP contribution in [0.3, 0.4) is 0 Å². The van der Waals surface area contributed by atoms with E-state index >= 15 is 0 Å². The molecule has 0 unspecified atom stereocenters. The molecule has 4 N–H and O–H groups in total. The number of alkyl halides is 1. The minimum Gasteiger partial charge on any atom is -0.393 e. The number of ether oxygens (including phenoxy) is 1. The zero-order valence-electron chi connectivity index (χ0n) is 10.9. The van der Waals surface area contributed by atoms with Gasteiger partial charge in [0.25, 0.3) is 5.56 Å². The Morgan fingerprint density at radius 3 is 2.62 bits per heavy atom. The molecule has 1 aromatic heterocycles. The van der Waals surface area contributed by atoms with Crippen LogP contribution in [0, 0.1) is 12.3 Å². The lowest BCUT2D eigenvalue weighted by atomic mass is 9.99. The van der Waals surface area contributed by atoms with Gasteiger partial charge in [0.1, 0.15) is 12.8 Å². The van der Waals surface area contributed by atoms with Crippen LogP contribution in [0.5, 0.6) is 0 Å². The van der Waals surface area contributed by atoms with E-state index in [1.807, 2.05) is 10.9 Å². The number of nitrogens with one attached hydrogen (secondary N) is 1. The van der Waals surface area contributed by atoms with E-state index in [4.69, 9.17) is 11.2 Å². The summed E-state index contributed by atoms with van der Waals surface area (Å²) in [6, 6.07) is 0.987. The number of hydrogen-bond donors (Lipinski definition) is 4. The fourth-order valence-electron chi connectivity index (χ4n) is 1.59. The summed E-state index contributed by atoms with van der Waals surface area (Å²) in [5.74, 6) is 1.82. The van der Waals surface area contributed by atoms with Crippen molar-refractivity contribution in [1.29, 1.82) is 0 Å². The van der Waals surface area contributed by atoms with E-state index in [2.05, 4.69) is 0 Å². The summed E-state index contributed by atoms with van der Waals surface area (Å²) >= 11 is 0. The largest absolute Gasteiger partial charge is 0.393 e. The second-order valence-corrected chi connectivity index (χ2v) is 4.20. The molecule has 0 aliphatic heterocycles. The molecule has 0 fully saturated rings. The van der Waals surface area contributed by atoms with E-state index in [-0.39, 0.29) is 0 Å². The molecule has 0 bridgehead atoms. The van der Waals surface area contributed by atoms with Crippen LogP contribution in [0.1, 0.15) is 6.23 Å². The highest BCUT2D eigenvalue weighted by Gasteiger charge is 2.41. The van der Waals surface area contributed by atoms with Gasteiger partial charge in [-0.3, -0.25) is 14.3 Å². The minimum absolute atomic E-state index is 0.671. The van der Waals surface area contributed by atoms with Crippen molar-refractivity contribution < 1.29 is 24.4 Å². The van der Waals surface area contributed by atoms with Gasteiger partial charge in [-0.15, -0.1) is 6.42 Å². The number of terminal acetylenes is 1. The molecule has 0 aromatic carbocycles. The predicted octanol–water partition coefficient (Wildman–Crippen LogP) is -2.26. The Labute approximate surface area is 118 Å². The van der Waals surface area contributed by atoms with E-state index in [9.17, 15) is 29.3 Å². The van der Waals surface area contributed by atoms with Crippen molar-refractivity contribution >= 4 is 0 Å². The molecule has 0 saturated heterocycles. The van der Waals surface area contributed by atoms with Crippen LogP contribution in [-0.2, 0) is 4.74 Å². The fourth-order valence-corrected chi connectivity index (χ4v) is 1.59. The van der Waals surface area contributed by atoms with Gasteiger partial charge in [-0.25, -0.2) is 9.18 Å². The predicted molar refractivity (Wildman–Crippen MR) is 69.2 cm³/mol. The van der Waals surface area contributed by atoms with Crippen molar-refractivity contribution in [3.8, 4) is 12.3 Å². The summed E-state index contributed by atoms with van der Waals surface area (Å²) in [7, 11) is 0. The smallest absolute Gasteiger partial charge is 0.330 e. The molecule has 0 saturated carbocycles. The monoisotopic (exact) mass is 302 g/mol. The van der Waals surface area contributed by atoms with Gasteiger partial charge in [0.05, 0.1) is 13.2 Å². The van der Waals surface area contributed by atoms with Crippen LogP contribution < -0.4 is 11.2 Å².